The fraction of sp³-hybridized carbons (Fsp3) is 0.179. The minimum absolute atomic E-state index is 0.0395. The molecule has 202 valence electrons. The van der Waals surface area contributed by atoms with E-state index in [1.54, 1.807) is 31.2 Å². The summed E-state index contributed by atoms with van der Waals surface area (Å²) in [7, 11) is 0. The van der Waals surface area contributed by atoms with Gasteiger partial charge in [-0.15, -0.1) is 0 Å². The molecule has 1 aliphatic rings. The zero-order valence-corrected chi connectivity index (χ0v) is 21.7. The summed E-state index contributed by atoms with van der Waals surface area (Å²) in [6, 6.07) is 6.13. The summed E-state index contributed by atoms with van der Waals surface area (Å²) in [4.78, 5) is 37.1. The van der Waals surface area contributed by atoms with Crippen molar-refractivity contribution in [2.75, 3.05) is 5.32 Å². The van der Waals surface area contributed by atoms with E-state index < -0.39 is 47.3 Å². The van der Waals surface area contributed by atoms with Crippen LogP contribution in [0.4, 0.5) is 18.9 Å². The second-order valence-corrected chi connectivity index (χ2v) is 9.72. The minimum atomic E-state index is -4.78. The van der Waals surface area contributed by atoms with Crippen molar-refractivity contribution in [1.29, 1.82) is 0 Å². The van der Waals surface area contributed by atoms with Crippen molar-refractivity contribution >= 4 is 51.7 Å². The number of carboxylic acids is 1. The molecule has 0 saturated carbocycles. The second-order valence-electron chi connectivity index (χ2n) is 8.87. The molecular weight excluding hydrogens is 558 g/mol. The molecule has 1 atom stereocenters. The van der Waals surface area contributed by atoms with E-state index in [1.165, 1.54) is 18.2 Å². The number of amides is 1. The Bertz CT molecular complexity index is 1640. The highest BCUT2D eigenvalue weighted by Gasteiger charge is 2.34. The van der Waals surface area contributed by atoms with E-state index in [2.05, 4.69) is 5.32 Å². The first-order valence-corrected chi connectivity index (χ1v) is 12.3. The Hall–Kier alpha value is -3.82. The molecule has 0 aliphatic heterocycles. The van der Waals surface area contributed by atoms with Gasteiger partial charge in [-0.3, -0.25) is 4.79 Å². The molecule has 1 aromatic heterocycles. The first-order valence-electron chi connectivity index (χ1n) is 11.5. The van der Waals surface area contributed by atoms with E-state index in [4.69, 9.17) is 32.7 Å². The summed E-state index contributed by atoms with van der Waals surface area (Å²) in [5.41, 5.74) is -0.666. The highest BCUT2D eigenvalue weighted by atomic mass is 35.5. The zero-order valence-electron chi connectivity index (χ0n) is 20.2. The predicted octanol–water partition coefficient (Wildman–Crippen LogP) is 7.22. The number of carbonyl (C=O) groups is 2. The van der Waals surface area contributed by atoms with Crippen LogP contribution in [0.5, 0.6) is 0 Å². The van der Waals surface area contributed by atoms with Crippen LogP contribution in [-0.2, 0) is 22.2 Å². The SMILES string of the molecule is Cc1cc2c(C3C=C(/C=C/C(=O)O)C=CC3)c(CC(=O)Nc3ccc(Cl)cc3C(F)(F)F)c(=O)oc2cc1Cl. The lowest BCUT2D eigenvalue weighted by molar-refractivity contribution is -0.137. The Morgan fingerprint density at radius 2 is 1.95 bits per heavy atom. The molecule has 0 radical (unpaired) electrons. The average molecular weight is 578 g/mol. The van der Waals surface area contributed by atoms with Gasteiger partial charge in [-0.1, -0.05) is 41.4 Å². The quantitative estimate of drug-likeness (QED) is 0.238. The van der Waals surface area contributed by atoms with Gasteiger partial charge in [0.25, 0.3) is 0 Å². The summed E-state index contributed by atoms with van der Waals surface area (Å²) in [5, 5.41) is 11.9. The highest BCUT2D eigenvalue weighted by Crippen LogP contribution is 2.38. The smallest absolute Gasteiger partial charge is 0.418 e. The summed E-state index contributed by atoms with van der Waals surface area (Å²) in [6.07, 6.45) is 2.68. The van der Waals surface area contributed by atoms with Crippen molar-refractivity contribution in [3.63, 3.8) is 0 Å². The van der Waals surface area contributed by atoms with Crippen molar-refractivity contribution in [2.24, 2.45) is 0 Å². The third-order valence-corrected chi connectivity index (χ3v) is 6.75. The van der Waals surface area contributed by atoms with Crippen LogP contribution in [0.15, 0.2) is 75.5 Å². The maximum absolute atomic E-state index is 13.5. The number of halogens is 5. The van der Waals surface area contributed by atoms with E-state index >= 15 is 0 Å². The molecule has 1 unspecified atom stereocenters. The number of carboxylic acid groups (broad SMARTS) is 1. The third-order valence-electron chi connectivity index (χ3n) is 6.11. The van der Waals surface area contributed by atoms with Crippen LogP contribution in [0.25, 0.3) is 11.0 Å². The number of hydrogen-bond acceptors (Lipinski definition) is 4. The van der Waals surface area contributed by atoms with Crippen LogP contribution in [0.1, 0.15) is 34.6 Å². The van der Waals surface area contributed by atoms with Crippen LogP contribution in [0.3, 0.4) is 0 Å². The van der Waals surface area contributed by atoms with Gasteiger partial charge in [0.15, 0.2) is 0 Å². The lowest BCUT2D eigenvalue weighted by atomic mass is 9.84. The number of benzene rings is 2. The number of hydrogen-bond donors (Lipinski definition) is 2. The number of allylic oxidation sites excluding steroid dienone is 5. The van der Waals surface area contributed by atoms with Gasteiger partial charge in [-0.05, 0) is 60.4 Å². The lowest BCUT2D eigenvalue weighted by Gasteiger charge is -2.21. The largest absolute Gasteiger partial charge is 0.478 e. The molecule has 0 fully saturated rings. The van der Waals surface area contributed by atoms with Crippen LogP contribution < -0.4 is 10.9 Å². The molecule has 2 aromatic carbocycles. The zero-order chi connectivity index (χ0) is 28.5. The number of anilines is 1. The number of carbonyl (C=O) groups excluding carboxylic acids is 1. The molecule has 0 saturated heterocycles. The monoisotopic (exact) mass is 577 g/mol. The van der Waals surface area contributed by atoms with Crippen molar-refractivity contribution in [2.45, 2.75) is 31.9 Å². The number of alkyl halides is 3. The first kappa shape index (κ1) is 28.2. The fourth-order valence-electron chi connectivity index (χ4n) is 4.38. The molecule has 39 heavy (non-hydrogen) atoms. The van der Waals surface area contributed by atoms with Crippen LogP contribution >= 0.6 is 23.2 Å². The van der Waals surface area contributed by atoms with Gasteiger partial charge in [0.2, 0.25) is 5.91 Å². The Morgan fingerprint density at radius 3 is 2.64 bits per heavy atom. The minimum Gasteiger partial charge on any atom is -0.478 e. The average Bonchev–Trinajstić information content (AvgIpc) is 2.85. The maximum atomic E-state index is 13.5. The molecule has 11 heteroatoms. The van der Waals surface area contributed by atoms with Crippen LogP contribution in [0, 0.1) is 6.92 Å². The summed E-state index contributed by atoms with van der Waals surface area (Å²) in [5.74, 6) is -2.48. The Balaban J connectivity index is 1.81. The molecule has 2 N–H and O–H groups in total. The van der Waals surface area contributed by atoms with E-state index in [1.807, 2.05) is 0 Å². The van der Waals surface area contributed by atoms with Gasteiger partial charge >= 0.3 is 17.8 Å². The molecule has 4 rings (SSSR count). The summed E-state index contributed by atoms with van der Waals surface area (Å²) >= 11 is 12.0. The van der Waals surface area contributed by atoms with E-state index in [-0.39, 0.29) is 16.2 Å². The normalized spacial score (nSPS) is 15.5. The first-order chi connectivity index (χ1) is 18.3. The Morgan fingerprint density at radius 1 is 1.21 bits per heavy atom. The van der Waals surface area contributed by atoms with E-state index in [0.717, 1.165) is 12.1 Å². The topological polar surface area (TPSA) is 96.6 Å². The molecule has 1 aliphatic carbocycles. The molecule has 1 amide bonds. The Kier molecular flexibility index (Phi) is 8.04. The summed E-state index contributed by atoms with van der Waals surface area (Å²) < 4.78 is 46.1. The predicted molar refractivity (Wildman–Crippen MR) is 142 cm³/mol. The molecule has 0 spiro atoms. The Labute approximate surface area is 230 Å². The van der Waals surface area contributed by atoms with Crippen LogP contribution in [-0.4, -0.2) is 17.0 Å². The van der Waals surface area contributed by atoms with Gasteiger partial charge in [-0.25, -0.2) is 9.59 Å². The summed E-state index contributed by atoms with van der Waals surface area (Å²) in [6.45, 7) is 1.75. The van der Waals surface area contributed by atoms with Crippen molar-refractivity contribution in [1.82, 2.24) is 0 Å². The van der Waals surface area contributed by atoms with Gasteiger partial charge in [0.05, 0.1) is 23.2 Å². The fourth-order valence-corrected chi connectivity index (χ4v) is 4.71. The second kappa shape index (κ2) is 11.1. The number of fused-ring (bicyclic) bond motifs is 1. The highest BCUT2D eigenvalue weighted by molar-refractivity contribution is 6.32. The number of aliphatic carboxylic acids is 1. The molecule has 6 nitrogen and oxygen atoms in total. The standard InChI is InChI=1S/C28H20Cl2F3NO5/c1-14-9-18-23(13-21(14)30)39-27(38)19(26(18)16-4-2-3-15(10-16)5-8-25(36)37)12-24(35)34-22-7-6-17(29)11-20(22)28(31,32)33/h2-3,5-11,13,16H,4,12H2,1H3,(H,34,35)(H,36,37)/b8-5+. The van der Waals surface area contributed by atoms with Gasteiger partial charge in [-0.2, -0.15) is 13.2 Å². The van der Waals surface area contributed by atoms with Crippen molar-refractivity contribution < 1.29 is 32.3 Å². The molecular formula is C28H20Cl2F3NO5. The van der Waals surface area contributed by atoms with Crippen LogP contribution in [0.2, 0.25) is 10.0 Å². The maximum Gasteiger partial charge on any atom is 0.418 e. The molecule has 1 heterocycles. The molecule has 0 bridgehead atoms. The van der Waals surface area contributed by atoms with Crippen molar-refractivity contribution in [3.8, 4) is 0 Å². The molecule has 3 aromatic rings. The van der Waals surface area contributed by atoms with E-state index in [0.29, 0.717) is 39.6 Å². The number of nitrogens with one attached hydrogen (secondary N) is 1. The lowest BCUT2D eigenvalue weighted by Crippen LogP contribution is -2.23. The van der Waals surface area contributed by atoms with Gasteiger partial charge in [0, 0.05) is 33.5 Å². The third kappa shape index (κ3) is 6.43. The van der Waals surface area contributed by atoms with Gasteiger partial charge < -0.3 is 14.8 Å². The van der Waals surface area contributed by atoms with Gasteiger partial charge in [0.1, 0.15) is 5.58 Å². The number of rotatable bonds is 6. The number of aryl methyl sites for hydroxylation is 1. The van der Waals surface area contributed by atoms with Crippen molar-refractivity contribution in [3.05, 3.63) is 109 Å². The van der Waals surface area contributed by atoms with E-state index in [9.17, 15) is 27.6 Å².